The minimum Gasteiger partial charge on any atom is -0.467 e. The van der Waals surface area contributed by atoms with Crippen LogP contribution in [0.5, 0.6) is 11.5 Å². The minimum absolute atomic E-state index is 0.0321. The molecule has 0 saturated carbocycles. The highest BCUT2D eigenvalue weighted by Crippen LogP contribution is 2.48. The molecule has 0 unspecified atom stereocenters. The van der Waals surface area contributed by atoms with Crippen molar-refractivity contribution in [1.29, 1.82) is 0 Å². The second kappa shape index (κ2) is 15.5. The Kier molecular flexibility index (Phi) is 11.4. The largest absolute Gasteiger partial charge is 0.467 e. The summed E-state index contributed by atoms with van der Waals surface area (Å²) in [7, 11) is 3.11. The molecule has 0 radical (unpaired) electrons. The van der Waals surface area contributed by atoms with E-state index in [9.17, 15) is 5.11 Å². The summed E-state index contributed by atoms with van der Waals surface area (Å²) in [6, 6.07) is 19.1. The topological polar surface area (TPSA) is 107 Å². The van der Waals surface area contributed by atoms with Crippen LogP contribution in [0.3, 0.4) is 0 Å². The van der Waals surface area contributed by atoms with Crippen molar-refractivity contribution in [3.63, 3.8) is 0 Å². The zero-order valence-corrected chi connectivity index (χ0v) is 30.1. The van der Waals surface area contributed by atoms with E-state index in [1.54, 1.807) is 14.2 Å². The standard InChI is InChI=1S/C39H51NO10/c1-37(2)21-45-35(46-22-37)27-7-13-33(49-25-42-5)31(19-27)39(41,29-9-11-30(12-10-29)40-15-17-44-18-16-40)32-20-28(8-14-34(32)50-26-43-6)36-47-23-38(3,4)24-48-36/h7-14,19-20,35-36,41H,15-18,21-26H2,1-6H3. The summed E-state index contributed by atoms with van der Waals surface area (Å²) >= 11 is 0. The Morgan fingerprint density at radius 3 is 1.54 bits per heavy atom. The van der Waals surface area contributed by atoms with Crippen LogP contribution in [-0.4, -0.2) is 85.6 Å². The molecule has 3 fully saturated rings. The first-order valence-electron chi connectivity index (χ1n) is 17.2. The lowest BCUT2D eigenvalue weighted by Crippen LogP contribution is -2.36. The Morgan fingerprint density at radius 2 is 1.12 bits per heavy atom. The van der Waals surface area contributed by atoms with Crippen molar-refractivity contribution in [2.24, 2.45) is 10.8 Å². The molecular formula is C39H51NO10. The van der Waals surface area contributed by atoms with Gasteiger partial charge in [0.05, 0.1) is 39.6 Å². The average molecular weight is 694 g/mol. The van der Waals surface area contributed by atoms with Gasteiger partial charge in [-0.2, -0.15) is 0 Å². The van der Waals surface area contributed by atoms with Gasteiger partial charge in [0.25, 0.3) is 0 Å². The van der Waals surface area contributed by atoms with E-state index in [0.717, 1.165) is 29.9 Å². The van der Waals surface area contributed by atoms with Crippen LogP contribution in [0.2, 0.25) is 0 Å². The van der Waals surface area contributed by atoms with E-state index < -0.39 is 18.2 Å². The van der Waals surface area contributed by atoms with Gasteiger partial charge in [-0.05, 0) is 42.0 Å². The molecule has 3 aliphatic rings. The molecule has 272 valence electrons. The highest BCUT2D eigenvalue weighted by molar-refractivity contribution is 5.60. The smallest absolute Gasteiger partial charge is 0.188 e. The highest BCUT2D eigenvalue weighted by Gasteiger charge is 2.42. The minimum atomic E-state index is -1.83. The third kappa shape index (κ3) is 8.11. The molecular weight excluding hydrogens is 642 g/mol. The Balaban J connectivity index is 1.52. The summed E-state index contributed by atoms with van der Waals surface area (Å²) in [6.07, 6.45) is -1.26. The molecule has 3 saturated heterocycles. The number of benzene rings is 3. The fraction of sp³-hybridized carbons (Fsp3) is 0.538. The number of aliphatic hydroxyl groups is 1. The van der Waals surface area contributed by atoms with E-state index in [0.29, 0.717) is 67.8 Å². The third-order valence-corrected chi connectivity index (χ3v) is 9.16. The fourth-order valence-electron chi connectivity index (χ4n) is 6.41. The molecule has 0 amide bonds. The molecule has 3 aromatic rings. The van der Waals surface area contributed by atoms with E-state index in [1.807, 2.05) is 60.7 Å². The number of anilines is 1. The van der Waals surface area contributed by atoms with Crippen LogP contribution in [0.15, 0.2) is 60.7 Å². The summed E-state index contributed by atoms with van der Waals surface area (Å²) in [6.45, 7) is 13.3. The van der Waals surface area contributed by atoms with Gasteiger partial charge in [0, 0.05) is 66.1 Å². The molecule has 0 spiro atoms. The maximum Gasteiger partial charge on any atom is 0.188 e. The highest BCUT2D eigenvalue weighted by atomic mass is 16.7. The van der Waals surface area contributed by atoms with Crippen LogP contribution in [0.4, 0.5) is 5.69 Å². The number of methoxy groups -OCH3 is 2. The molecule has 3 aliphatic heterocycles. The van der Waals surface area contributed by atoms with Gasteiger partial charge in [-0.1, -0.05) is 52.0 Å². The van der Waals surface area contributed by atoms with Crippen molar-refractivity contribution in [1.82, 2.24) is 0 Å². The number of hydrogen-bond acceptors (Lipinski definition) is 11. The number of nitrogens with zero attached hydrogens (tertiary/aromatic N) is 1. The molecule has 1 N–H and O–H groups in total. The number of ether oxygens (including phenoxy) is 9. The summed E-state index contributed by atoms with van der Waals surface area (Å²) in [5.74, 6) is 0.836. The predicted octanol–water partition coefficient (Wildman–Crippen LogP) is 5.92. The quantitative estimate of drug-likeness (QED) is 0.181. The molecule has 3 heterocycles. The van der Waals surface area contributed by atoms with Gasteiger partial charge < -0.3 is 52.6 Å². The lowest BCUT2D eigenvalue weighted by molar-refractivity contribution is -0.226. The third-order valence-electron chi connectivity index (χ3n) is 9.16. The molecule has 11 heteroatoms. The lowest BCUT2D eigenvalue weighted by atomic mass is 9.78. The van der Waals surface area contributed by atoms with Gasteiger partial charge in [0.1, 0.15) is 17.1 Å². The van der Waals surface area contributed by atoms with E-state index in [1.165, 1.54) is 0 Å². The van der Waals surface area contributed by atoms with Crippen molar-refractivity contribution < 1.29 is 47.7 Å². The van der Waals surface area contributed by atoms with Gasteiger partial charge in [0.2, 0.25) is 0 Å². The van der Waals surface area contributed by atoms with Crippen LogP contribution in [-0.2, 0) is 38.8 Å². The number of rotatable bonds is 12. The van der Waals surface area contributed by atoms with E-state index in [4.69, 9.17) is 42.6 Å². The van der Waals surface area contributed by atoms with Crippen molar-refractivity contribution >= 4 is 5.69 Å². The van der Waals surface area contributed by atoms with Crippen molar-refractivity contribution in [2.75, 3.05) is 85.4 Å². The van der Waals surface area contributed by atoms with Crippen molar-refractivity contribution in [3.8, 4) is 11.5 Å². The van der Waals surface area contributed by atoms with Crippen molar-refractivity contribution in [2.45, 2.75) is 45.9 Å². The number of morpholine rings is 1. The van der Waals surface area contributed by atoms with E-state index >= 15 is 0 Å². The van der Waals surface area contributed by atoms with Crippen molar-refractivity contribution in [3.05, 3.63) is 88.5 Å². The van der Waals surface area contributed by atoms with Gasteiger partial charge >= 0.3 is 0 Å². The molecule has 0 atom stereocenters. The normalized spacial score (nSPS) is 20.1. The summed E-state index contributed by atoms with van der Waals surface area (Å²) < 4.78 is 53.3. The zero-order valence-electron chi connectivity index (χ0n) is 30.1. The summed E-state index contributed by atoms with van der Waals surface area (Å²) in [4.78, 5) is 2.27. The Bertz CT molecular complexity index is 1470. The second-order valence-corrected chi connectivity index (χ2v) is 14.7. The molecule has 0 aromatic heterocycles. The Labute approximate surface area is 295 Å². The first-order chi connectivity index (χ1) is 24.0. The molecule has 50 heavy (non-hydrogen) atoms. The predicted molar refractivity (Wildman–Crippen MR) is 186 cm³/mol. The van der Waals surface area contributed by atoms with E-state index in [2.05, 4.69) is 32.6 Å². The van der Waals surface area contributed by atoms with Crippen LogP contribution in [0.1, 0.15) is 68.1 Å². The first kappa shape index (κ1) is 36.5. The maximum absolute atomic E-state index is 13.6. The molecule has 6 rings (SSSR count). The van der Waals surface area contributed by atoms with Gasteiger partial charge in [-0.15, -0.1) is 0 Å². The molecule has 11 nitrogen and oxygen atoms in total. The Morgan fingerprint density at radius 1 is 0.680 bits per heavy atom. The van der Waals surface area contributed by atoms with Crippen LogP contribution < -0.4 is 14.4 Å². The SMILES string of the molecule is COCOc1ccc(C2OCC(C)(C)CO2)cc1C(O)(c1ccc(N2CCOCC2)cc1)c1cc(C2OCC(C)(C)CO2)ccc1OCOC. The van der Waals surface area contributed by atoms with Crippen LogP contribution >= 0.6 is 0 Å². The molecule has 0 bridgehead atoms. The van der Waals surface area contributed by atoms with E-state index in [-0.39, 0.29) is 24.4 Å². The number of hydrogen-bond donors (Lipinski definition) is 1. The Hall–Kier alpha value is -3.26. The van der Waals surface area contributed by atoms with Crippen LogP contribution in [0.25, 0.3) is 0 Å². The van der Waals surface area contributed by atoms with Gasteiger partial charge in [-0.25, -0.2) is 0 Å². The van der Waals surface area contributed by atoms with Gasteiger partial charge in [-0.3, -0.25) is 0 Å². The lowest BCUT2D eigenvalue weighted by Gasteiger charge is -2.37. The maximum atomic E-state index is 13.6. The summed E-state index contributed by atoms with van der Waals surface area (Å²) in [5.41, 5.74) is 1.94. The average Bonchev–Trinajstić information content (AvgIpc) is 3.13. The van der Waals surface area contributed by atoms with Gasteiger partial charge in [0.15, 0.2) is 26.2 Å². The fourth-order valence-corrected chi connectivity index (χ4v) is 6.41. The first-order valence-corrected chi connectivity index (χ1v) is 17.2. The molecule has 3 aromatic carbocycles. The monoisotopic (exact) mass is 693 g/mol. The molecule has 0 aliphatic carbocycles. The second-order valence-electron chi connectivity index (χ2n) is 14.7. The van der Waals surface area contributed by atoms with Crippen LogP contribution in [0, 0.1) is 10.8 Å². The summed E-state index contributed by atoms with van der Waals surface area (Å²) in [5, 5.41) is 13.6. The zero-order chi connectivity index (χ0) is 35.4.